The number of hydrogen-bond donors (Lipinski definition) is 1. The molecule has 3 rings (SSSR count). The summed E-state index contributed by atoms with van der Waals surface area (Å²) in [6, 6.07) is 18.5. The van der Waals surface area contributed by atoms with Crippen LogP contribution in [0.4, 0.5) is 11.4 Å². The minimum Gasteiger partial charge on any atom is -0.480 e. The Morgan fingerprint density at radius 2 is 1.50 bits per heavy atom. The summed E-state index contributed by atoms with van der Waals surface area (Å²) in [6.45, 7) is 2.60. The molecule has 0 bridgehead atoms. The first-order chi connectivity index (χ1) is 10.7. The van der Waals surface area contributed by atoms with Crippen molar-refractivity contribution in [2.75, 3.05) is 29.4 Å². The van der Waals surface area contributed by atoms with E-state index in [1.54, 1.807) is 0 Å². The van der Waals surface area contributed by atoms with E-state index in [-0.39, 0.29) is 6.54 Å². The van der Waals surface area contributed by atoms with Crippen LogP contribution in [0.15, 0.2) is 54.6 Å². The van der Waals surface area contributed by atoms with Crippen LogP contribution in [-0.2, 0) is 11.3 Å². The SMILES string of the molecule is O=C(O)CN1CCCN(Cc2ccccc2)c2ccccc21. The van der Waals surface area contributed by atoms with Crippen molar-refractivity contribution in [3.63, 3.8) is 0 Å². The van der Waals surface area contributed by atoms with Gasteiger partial charge in [0, 0.05) is 19.6 Å². The fraction of sp³-hybridized carbons (Fsp3) is 0.278. The van der Waals surface area contributed by atoms with Crippen LogP contribution in [0, 0.1) is 0 Å². The van der Waals surface area contributed by atoms with Gasteiger partial charge in [-0.1, -0.05) is 42.5 Å². The summed E-state index contributed by atoms with van der Waals surface area (Å²) in [7, 11) is 0. The van der Waals surface area contributed by atoms with E-state index >= 15 is 0 Å². The number of hydrogen-bond acceptors (Lipinski definition) is 3. The zero-order chi connectivity index (χ0) is 15.4. The normalized spacial score (nSPS) is 14.4. The molecule has 1 aliphatic heterocycles. The molecule has 0 unspecified atom stereocenters. The van der Waals surface area contributed by atoms with Gasteiger partial charge in [-0.3, -0.25) is 4.79 Å². The summed E-state index contributed by atoms with van der Waals surface area (Å²) in [6.07, 6.45) is 0.953. The Morgan fingerprint density at radius 1 is 0.909 bits per heavy atom. The van der Waals surface area contributed by atoms with Crippen molar-refractivity contribution >= 4 is 17.3 Å². The highest BCUT2D eigenvalue weighted by Gasteiger charge is 2.21. The summed E-state index contributed by atoms with van der Waals surface area (Å²) in [5.41, 5.74) is 3.40. The van der Waals surface area contributed by atoms with Gasteiger partial charge in [0.05, 0.1) is 11.4 Å². The maximum absolute atomic E-state index is 11.1. The predicted octanol–water partition coefficient (Wildman–Crippen LogP) is 2.99. The molecule has 0 saturated carbocycles. The molecule has 1 N–H and O–H groups in total. The summed E-state index contributed by atoms with van der Waals surface area (Å²) < 4.78 is 0. The van der Waals surface area contributed by atoms with E-state index in [4.69, 9.17) is 5.11 Å². The third kappa shape index (κ3) is 3.22. The quantitative estimate of drug-likeness (QED) is 0.942. The van der Waals surface area contributed by atoms with Crippen LogP contribution in [0.5, 0.6) is 0 Å². The lowest BCUT2D eigenvalue weighted by Crippen LogP contribution is -2.30. The summed E-state index contributed by atoms with van der Waals surface area (Å²) in [5, 5.41) is 9.13. The van der Waals surface area contributed by atoms with E-state index in [9.17, 15) is 4.79 Å². The van der Waals surface area contributed by atoms with Gasteiger partial charge in [-0.2, -0.15) is 0 Å². The number of rotatable bonds is 4. The van der Waals surface area contributed by atoms with Crippen molar-refractivity contribution in [1.82, 2.24) is 0 Å². The molecular formula is C18H20N2O2. The second kappa shape index (κ2) is 6.52. The molecule has 1 heterocycles. The zero-order valence-corrected chi connectivity index (χ0v) is 12.5. The monoisotopic (exact) mass is 296 g/mol. The highest BCUT2D eigenvalue weighted by Crippen LogP contribution is 2.32. The molecule has 1 aliphatic rings. The first-order valence-electron chi connectivity index (χ1n) is 7.58. The van der Waals surface area contributed by atoms with Crippen molar-refractivity contribution in [2.45, 2.75) is 13.0 Å². The van der Waals surface area contributed by atoms with Gasteiger partial charge in [0.2, 0.25) is 0 Å². The highest BCUT2D eigenvalue weighted by atomic mass is 16.4. The topological polar surface area (TPSA) is 43.8 Å². The Labute approximate surface area is 130 Å². The maximum atomic E-state index is 11.1. The van der Waals surface area contributed by atoms with E-state index in [1.165, 1.54) is 5.56 Å². The van der Waals surface area contributed by atoms with E-state index in [0.29, 0.717) is 0 Å². The molecule has 0 saturated heterocycles. The standard InChI is InChI=1S/C18H20N2O2/c21-18(22)14-20-12-6-11-19(13-15-7-2-1-3-8-15)16-9-4-5-10-17(16)20/h1-5,7-10H,6,11-14H2,(H,21,22). The average molecular weight is 296 g/mol. The van der Waals surface area contributed by atoms with Gasteiger partial charge < -0.3 is 14.9 Å². The Balaban J connectivity index is 1.90. The van der Waals surface area contributed by atoms with Gasteiger partial charge in [-0.15, -0.1) is 0 Å². The molecule has 0 aromatic heterocycles. The number of para-hydroxylation sites is 2. The minimum absolute atomic E-state index is 0.0518. The molecule has 0 amide bonds. The number of carboxylic acid groups (broad SMARTS) is 1. The number of aliphatic carboxylic acids is 1. The molecule has 4 heteroatoms. The number of fused-ring (bicyclic) bond motifs is 1. The van der Waals surface area contributed by atoms with Crippen LogP contribution < -0.4 is 9.80 Å². The van der Waals surface area contributed by atoms with Crippen LogP contribution in [0.2, 0.25) is 0 Å². The second-order valence-corrected chi connectivity index (χ2v) is 5.56. The third-order valence-corrected chi connectivity index (χ3v) is 3.96. The van der Waals surface area contributed by atoms with Gasteiger partial charge in [-0.05, 0) is 24.1 Å². The fourth-order valence-corrected chi connectivity index (χ4v) is 2.99. The Morgan fingerprint density at radius 3 is 2.18 bits per heavy atom. The van der Waals surface area contributed by atoms with Gasteiger partial charge in [0.15, 0.2) is 0 Å². The molecule has 0 atom stereocenters. The third-order valence-electron chi connectivity index (χ3n) is 3.96. The largest absolute Gasteiger partial charge is 0.480 e. The number of carboxylic acids is 1. The van der Waals surface area contributed by atoms with E-state index in [1.807, 2.05) is 29.2 Å². The van der Waals surface area contributed by atoms with Crippen molar-refractivity contribution in [1.29, 1.82) is 0 Å². The molecule has 2 aromatic rings. The van der Waals surface area contributed by atoms with E-state index < -0.39 is 5.97 Å². The van der Waals surface area contributed by atoms with Crippen LogP contribution in [0.3, 0.4) is 0 Å². The molecule has 4 nitrogen and oxygen atoms in total. The zero-order valence-electron chi connectivity index (χ0n) is 12.5. The fourth-order valence-electron chi connectivity index (χ4n) is 2.99. The van der Waals surface area contributed by atoms with Gasteiger partial charge in [-0.25, -0.2) is 0 Å². The Hall–Kier alpha value is -2.49. The van der Waals surface area contributed by atoms with Gasteiger partial charge in [0.1, 0.15) is 6.54 Å². The summed E-state index contributed by atoms with van der Waals surface area (Å²) >= 11 is 0. The van der Waals surface area contributed by atoms with Crippen molar-refractivity contribution in [3.8, 4) is 0 Å². The van der Waals surface area contributed by atoms with Gasteiger partial charge >= 0.3 is 5.97 Å². The molecule has 0 radical (unpaired) electrons. The molecule has 0 fully saturated rings. The van der Waals surface area contributed by atoms with Crippen molar-refractivity contribution < 1.29 is 9.90 Å². The van der Waals surface area contributed by atoms with Crippen LogP contribution in [0.1, 0.15) is 12.0 Å². The van der Waals surface area contributed by atoms with E-state index in [2.05, 4.69) is 35.2 Å². The lowest BCUT2D eigenvalue weighted by atomic mass is 10.2. The smallest absolute Gasteiger partial charge is 0.323 e. The van der Waals surface area contributed by atoms with Gasteiger partial charge in [0.25, 0.3) is 0 Å². The second-order valence-electron chi connectivity index (χ2n) is 5.56. The van der Waals surface area contributed by atoms with Crippen LogP contribution >= 0.6 is 0 Å². The molecule has 114 valence electrons. The summed E-state index contributed by atoms with van der Waals surface area (Å²) in [5.74, 6) is -0.786. The number of nitrogens with zero attached hydrogens (tertiary/aromatic N) is 2. The molecule has 0 aliphatic carbocycles. The lowest BCUT2D eigenvalue weighted by Gasteiger charge is -2.27. The minimum atomic E-state index is -0.786. The first-order valence-corrected chi connectivity index (χ1v) is 7.58. The molecule has 0 spiro atoms. The highest BCUT2D eigenvalue weighted by molar-refractivity contribution is 5.79. The number of benzene rings is 2. The van der Waals surface area contributed by atoms with Crippen molar-refractivity contribution in [3.05, 3.63) is 60.2 Å². The number of anilines is 2. The Bertz CT molecular complexity index is 643. The maximum Gasteiger partial charge on any atom is 0.323 e. The van der Waals surface area contributed by atoms with Crippen LogP contribution in [0.25, 0.3) is 0 Å². The van der Waals surface area contributed by atoms with Crippen LogP contribution in [-0.4, -0.2) is 30.7 Å². The molecule has 2 aromatic carbocycles. The predicted molar refractivity (Wildman–Crippen MR) is 88.4 cm³/mol. The van der Waals surface area contributed by atoms with Crippen molar-refractivity contribution in [2.24, 2.45) is 0 Å². The molecular weight excluding hydrogens is 276 g/mol. The summed E-state index contributed by atoms with van der Waals surface area (Å²) in [4.78, 5) is 15.4. The molecule has 22 heavy (non-hydrogen) atoms. The van der Waals surface area contributed by atoms with E-state index in [0.717, 1.165) is 37.4 Å². The Kier molecular flexibility index (Phi) is 4.28. The lowest BCUT2D eigenvalue weighted by molar-refractivity contribution is -0.135. The first kappa shape index (κ1) is 14.4. The number of carbonyl (C=O) groups is 1. The average Bonchev–Trinajstić information content (AvgIpc) is 2.69.